The molecule has 0 saturated carbocycles. The van der Waals surface area contributed by atoms with Gasteiger partial charge in [0.1, 0.15) is 0 Å². The van der Waals surface area contributed by atoms with Crippen molar-refractivity contribution in [1.29, 1.82) is 0 Å². The van der Waals surface area contributed by atoms with Crippen LogP contribution in [0.2, 0.25) is 0 Å². The number of nitrogens with zero attached hydrogens (tertiary/aromatic N) is 1. The van der Waals surface area contributed by atoms with E-state index < -0.39 is 0 Å². The second-order valence-corrected chi connectivity index (χ2v) is 6.15. The van der Waals surface area contributed by atoms with Gasteiger partial charge in [-0.25, -0.2) is 0 Å². The Balaban J connectivity index is 2.05. The summed E-state index contributed by atoms with van der Waals surface area (Å²) in [5.41, 5.74) is 4.61. The van der Waals surface area contributed by atoms with Crippen LogP contribution in [0.15, 0.2) is 60.7 Å². The molecule has 23 heavy (non-hydrogen) atoms. The van der Waals surface area contributed by atoms with Crippen molar-refractivity contribution < 1.29 is 4.79 Å². The summed E-state index contributed by atoms with van der Waals surface area (Å²) in [6.07, 6.45) is 1.59. The maximum atomic E-state index is 12.4. The van der Waals surface area contributed by atoms with Crippen molar-refractivity contribution >= 4 is 22.4 Å². The Bertz CT molecular complexity index is 883. The minimum absolute atomic E-state index is 0.233. The standard InChI is InChI=1S/C21H19NO/c1-15-7-5-10-19-17(15)12-13-18(16-8-3-2-4-9-16)21(19)22-14-6-11-20(22)23/h2-5,7-10,12-13H,6,11,14H2,1H3. The first-order valence-electron chi connectivity index (χ1n) is 8.14. The highest BCUT2D eigenvalue weighted by atomic mass is 16.2. The van der Waals surface area contributed by atoms with E-state index in [-0.39, 0.29) is 5.91 Å². The molecule has 0 aromatic heterocycles. The molecule has 3 aromatic carbocycles. The maximum Gasteiger partial charge on any atom is 0.227 e. The largest absolute Gasteiger partial charge is 0.311 e. The van der Waals surface area contributed by atoms with Gasteiger partial charge in [-0.2, -0.15) is 0 Å². The molecule has 1 aliphatic rings. The van der Waals surface area contributed by atoms with E-state index in [1.807, 2.05) is 23.1 Å². The average Bonchev–Trinajstić information content (AvgIpc) is 3.01. The smallest absolute Gasteiger partial charge is 0.227 e. The number of fused-ring (bicyclic) bond motifs is 1. The summed E-state index contributed by atoms with van der Waals surface area (Å²) in [6.45, 7) is 2.94. The third-order valence-electron chi connectivity index (χ3n) is 4.68. The maximum absolute atomic E-state index is 12.4. The van der Waals surface area contributed by atoms with Crippen LogP contribution < -0.4 is 4.90 Å². The van der Waals surface area contributed by atoms with Crippen LogP contribution >= 0.6 is 0 Å². The molecule has 0 bridgehead atoms. The third kappa shape index (κ3) is 2.31. The molecule has 2 heteroatoms. The third-order valence-corrected chi connectivity index (χ3v) is 4.68. The number of benzene rings is 3. The SMILES string of the molecule is Cc1cccc2c(N3CCCC3=O)c(-c3ccccc3)ccc12. The predicted octanol–water partition coefficient (Wildman–Crippen LogP) is 4.94. The summed E-state index contributed by atoms with van der Waals surface area (Å²) >= 11 is 0. The minimum atomic E-state index is 0.233. The van der Waals surface area contributed by atoms with Crippen molar-refractivity contribution in [3.63, 3.8) is 0 Å². The highest BCUT2D eigenvalue weighted by molar-refractivity contribution is 6.10. The summed E-state index contributed by atoms with van der Waals surface area (Å²) in [5, 5.41) is 2.39. The Morgan fingerprint density at radius 2 is 1.70 bits per heavy atom. The molecule has 0 spiro atoms. The van der Waals surface area contributed by atoms with E-state index in [9.17, 15) is 4.79 Å². The number of aryl methyl sites for hydroxylation is 1. The molecule has 2 nitrogen and oxygen atoms in total. The van der Waals surface area contributed by atoms with E-state index in [1.165, 1.54) is 16.3 Å². The lowest BCUT2D eigenvalue weighted by atomic mass is 9.95. The summed E-state index contributed by atoms with van der Waals surface area (Å²) in [6, 6.07) is 21.0. The lowest BCUT2D eigenvalue weighted by Gasteiger charge is -2.23. The zero-order valence-corrected chi connectivity index (χ0v) is 13.3. The monoisotopic (exact) mass is 301 g/mol. The van der Waals surface area contributed by atoms with Crippen molar-refractivity contribution in [2.45, 2.75) is 19.8 Å². The number of hydrogen-bond acceptors (Lipinski definition) is 1. The molecule has 0 unspecified atom stereocenters. The Labute approximate surface area is 136 Å². The van der Waals surface area contributed by atoms with E-state index in [4.69, 9.17) is 0 Å². The Morgan fingerprint density at radius 1 is 0.870 bits per heavy atom. The summed E-state index contributed by atoms with van der Waals surface area (Å²) < 4.78 is 0. The molecule has 1 fully saturated rings. The fraction of sp³-hybridized carbons (Fsp3) is 0.190. The minimum Gasteiger partial charge on any atom is -0.311 e. The predicted molar refractivity (Wildman–Crippen MR) is 95.7 cm³/mol. The molecule has 114 valence electrons. The van der Waals surface area contributed by atoms with Gasteiger partial charge in [0.2, 0.25) is 5.91 Å². The van der Waals surface area contributed by atoms with Crippen LogP contribution in [0.1, 0.15) is 18.4 Å². The summed E-state index contributed by atoms with van der Waals surface area (Å²) in [7, 11) is 0. The summed E-state index contributed by atoms with van der Waals surface area (Å²) in [5.74, 6) is 0.233. The average molecular weight is 301 g/mol. The normalized spacial score (nSPS) is 14.7. The van der Waals surface area contributed by atoms with E-state index >= 15 is 0 Å². The molecule has 4 rings (SSSR count). The van der Waals surface area contributed by atoms with Crippen LogP contribution in [0.3, 0.4) is 0 Å². The number of hydrogen-bond donors (Lipinski definition) is 0. The quantitative estimate of drug-likeness (QED) is 0.656. The van der Waals surface area contributed by atoms with Gasteiger partial charge in [0.25, 0.3) is 0 Å². The Morgan fingerprint density at radius 3 is 2.43 bits per heavy atom. The van der Waals surface area contributed by atoms with Crippen molar-refractivity contribution in [2.24, 2.45) is 0 Å². The molecule has 0 aliphatic carbocycles. The molecular formula is C21H19NO. The molecule has 1 aliphatic heterocycles. The van der Waals surface area contributed by atoms with Gasteiger partial charge in [0, 0.05) is 23.9 Å². The Hall–Kier alpha value is -2.61. The van der Waals surface area contributed by atoms with Crippen LogP contribution in [0, 0.1) is 6.92 Å². The van der Waals surface area contributed by atoms with Crippen LogP contribution in [0.5, 0.6) is 0 Å². The molecule has 1 amide bonds. The first-order valence-corrected chi connectivity index (χ1v) is 8.14. The van der Waals surface area contributed by atoms with E-state index in [0.29, 0.717) is 6.42 Å². The van der Waals surface area contributed by atoms with Gasteiger partial charge >= 0.3 is 0 Å². The van der Waals surface area contributed by atoms with E-state index in [0.717, 1.165) is 29.8 Å². The van der Waals surface area contributed by atoms with Crippen molar-refractivity contribution in [3.8, 4) is 11.1 Å². The van der Waals surface area contributed by atoms with Gasteiger partial charge in [-0.1, -0.05) is 60.7 Å². The van der Waals surface area contributed by atoms with Gasteiger partial charge < -0.3 is 4.90 Å². The lowest BCUT2D eigenvalue weighted by molar-refractivity contribution is -0.117. The fourth-order valence-corrected chi connectivity index (χ4v) is 3.53. The topological polar surface area (TPSA) is 20.3 Å². The first kappa shape index (κ1) is 14.0. The van der Waals surface area contributed by atoms with Gasteiger partial charge in [-0.05, 0) is 29.9 Å². The molecular weight excluding hydrogens is 282 g/mol. The zero-order chi connectivity index (χ0) is 15.8. The molecule has 1 saturated heterocycles. The number of carbonyl (C=O) groups excluding carboxylic acids is 1. The molecule has 3 aromatic rings. The van der Waals surface area contributed by atoms with Crippen molar-refractivity contribution in [2.75, 3.05) is 11.4 Å². The molecule has 0 radical (unpaired) electrons. The molecule has 1 heterocycles. The highest BCUT2D eigenvalue weighted by Crippen LogP contribution is 2.40. The first-order chi connectivity index (χ1) is 11.3. The van der Waals surface area contributed by atoms with Crippen LogP contribution in [-0.4, -0.2) is 12.5 Å². The number of rotatable bonds is 2. The highest BCUT2D eigenvalue weighted by Gasteiger charge is 2.26. The number of carbonyl (C=O) groups is 1. The van der Waals surface area contributed by atoms with Crippen molar-refractivity contribution in [1.82, 2.24) is 0 Å². The number of anilines is 1. The van der Waals surface area contributed by atoms with Gasteiger partial charge in [0.05, 0.1) is 5.69 Å². The summed E-state index contributed by atoms with van der Waals surface area (Å²) in [4.78, 5) is 14.4. The second-order valence-electron chi connectivity index (χ2n) is 6.15. The van der Waals surface area contributed by atoms with Gasteiger partial charge in [-0.3, -0.25) is 4.79 Å². The van der Waals surface area contributed by atoms with E-state index in [2.05, 4.69) is 49.4 Å². The Kier molecular flexibility index (Phi) is 3.38. The van der Waals surface area contributed by atoms with Crippen LogP contribution in [-0.2, 0) is 4.79 Å². The van der Waals surface area contributed by atoms with Crippen LogP contribution in [0.4, 0.5) is 5.69 Å². The number of amides is 1. The van der Waals surface area contributed by atoms with Gasteiger partial charge in [-0.15, -0.1) is 0 Å². The van der Waals surface area contributed by atoms with Crippen LogP contribution in [0.25, 0.3) is 21.9 Å². The van der Waals surface area contributed by atoms with Gasteiger partial charge in [0.15, 0.2) is 0 Å². The molecule has 0 N–H and O–H groups in total. The van der Waals surface area contributed by atoms with E-state index in [1.54, 1.807) is 0 Å². The zero-order valence-electron chi connectivity index (χ0n) is 13.3. The molecule has 0 atom stereocenters. The van der Waals surface area contributed by atoms with Crippen molar-refractivity contribution in [3.05, 3.63) is 66.2 Å². The lowest BCUT2D eigenvalue weighted by Crippen LogP contribution is -2.24. The fourth-order valence-electron chi connectivity index (χ4n) is 3.53. The second kappa shape index (κ2) is 5.54.